The Morgan fingerprint density at radius 3 is 0.714 bits per heavy atom. The molecule has 472 valence electrons. The van der Waals surface area contributed by atoms with E-state index in [9.17, 15) is 14.7 Å². The lowest BCUT2D eigenvalue weighted by Gasteiger charge is -2.15. The Morgan fingerprint density at radius 1 is 0.274 bits per heavy atom. The molecule has 0 radical (unpaired) electrons. The standard InChI is InChI=1S/C79H126O5/c1-3-5-7-9-11-13-15-17-19-21-23-25-27-29-31-33-34-35-36-37-38-39-40-41-42-43-44-46-47-49-51-53-55-57-59-61-63-65-67-69-71-73-78(81)83-76-77(75-80)84-79(82)74-72-70-68-66-64-62-60-58-56-54-52-50-48-45-32-30-28-26-24-22-20-18-16-14-12-10-8-6-4-2/h5-8,11-14,17-20,23-26,29-32,34-35,37-38,48,50,54,56,60,62,77,80H,3-4,9-10,15-16,21-22,27-28,33,36,39-47,49,51-53,55,57-59,61,63-76H2,1-2H3/b7-5-,8-6-,13-11-,14-12-,19-17-,20-18-,25-23-,26-24-,31-29-,32-30-,35-34-,38-37-,50-48-,56-54-,62-60-. The monoisotopic (exact) mass is 1150 g/mol. The van der Waals surface area contributed by atoms with Crippen LogP contribution in [-0.4, -0.2) is 36.4 Å². The van der Waals surface area contributed by atoms with Crippen LogP contribution in [0.25, 0.3) is 0 Å². The van der Waals surface area contributed by atoms with Crippen molar-refractivity contribution in [1.29, 1.82) is 0 Å². The largest absolute Gasteiger partial charge is 0.462 e. The van der Waals surface area contributed by atoms with Gasteiger partial charge in [0.05, 0.1) is 6.61 Å². The van der Waals surface area contributed by atoms with E-state index >= 15 is 0 Å². The molecule has 0 fully saturated rings. The summed E-state index contributed by atoms with van der Waals surface area (Å²) in [7, 11) is 0. The highest BCUT2D eigenvalue weighted by atomic mass is 16.6. The molecule has 0 aromatic rings. The van der Waals surface area contributed by atoms with Crippen LogP contribution in [0.2, 0.25) is 0 Å². The average Bonchev–Trinajstić information content (AvgIpc) is 3.51. The molecule has 0 bridgehead atoms. The lowest BCUT2D eigenvalue weighted by atomic mass is 10.0. The molecule has 5 nitrogen and oxygen atoms in total. The van der Waals surface area contributed by atoms with Crippen molar-refractivity contribution in [3.63, 3.8) is 0 Å². The van der Waals surface area contributed by atoms with Crippen molar-refractivity contribution in [2.45, 2.75) is 290 Å². The van der Waals surface area contributed by atoms with E-state index in [0.29, 0.717) is 12.8 Å². The Bertz CT molecular complexity index is 1890. The van der Waals surface area contributed by atoms with Gasteiger partial charge in [-0.2, -0.15) is 0 Å². The minimum Gasteiger partial charge on any atom is -0.462 e. The van der Waals surface area contributed by atoms with E-state index in [1.165, 1.54) is 109 Å². The van der Waals surface area contributed by atoms with E-state index in [1.807, 2.05) is 0 Å². The SMILES string of the molecule is CC/C=C\C/C=C\C/C=C\C/C=C\C/C=C\C/C=C\C/C=C\C/C=C\CCCCCCC(=O)OC(CO)COC(=O)CCCCCCCCCCCCCCCCCCCCC/C=C\C/C=C\C/C=C\C/C=C\C/C=C\C/C=C\C/C=C\CC. The van der Waals surface area contributed by atoms with E-state index < -0.39 is 6.10 Å². The zero-order chi connectivity index (χ0) is 60.5. The van der Waals surface area contributed by atoms with E-state index in [0.717, 1.165) is 148 Å². The molecular formula is C79H126O5. The van der Waals surface area contributed by atoms with Crippen molar-refractivity contribution in [1.82, 2.24) is 0 Å². The summed E-state index contributed by atoms with van der Waals surface area (Å²) in [6, 6.07) is 0. The van der Waals surface area contributed by atoms with Gasteiger partial charge in [-0.1, -0.05) is 318 Å². The molecule has 0 aliphatic rings. The Hall–Kier alpha value is -5.00. The Morgan fingerprint density at radius 2 is 0.476 bits per heavy atom. The smallest absolute Gasteiger partial charge is 0.306 e. The quantitative estimate of drug-likeness (QED) is 0.0373. The molecule has 0 saturated heterocycles. The first-order valence-electron chi connectivity index (χ1n) is 34.3. The lowest BCUT2D eigenvalue weighted by Crippen LogP contribution is -2.28. The summed E-state index contributed by atoms with van der Waals surface area (Å²) in [5.41, 5.74) is 0. The van der Waals surface area contributed by atoms with Gasteiger partial charge in [-0.05, 0) is 135 Å². The molecule has 0 amide bonds. The van der Waals surface area contributed by atoms with Gasteiger partial charge in [0.1, 0.15) is 6.61 Å². The van der Waals surface area contributed by atoms with Gasteiger partial charge in [0.2, 0.25) is 0 Å². The lowest BCUT2D eigenvalue weighted by molar-refractivity contribution is -0.161. The number of ether oxygens (including phenoxy) is 2. The van der Waals surface area contributed by atoms with Crippen LogP contribution in [0.15, 0.2) is 182 Å². The first-order chi connectivity index (χ1) is 41.6. The molecule has 5 heteroatoms. The summed E-state index contributed by atoms with van der Waals surface area (Å²) < 4.78 is 10.7. The molecule has 0 aliphatic heterocycles. The average molecular weight is 1160 g/mol. The van der Waals surface area contributed by atoms with Crippen molar-refractivity contribution in [2.75, 3.05) is 13.2 Å². The third-order valence-electron chi connectivity index (χ3n) is 14.2. The fourth-order valence-corrected chi connectivity index (χ4v) is 9.14. The predicted octanol–water partition coefficient (Wildman–Crippen LogP) is 24.2. The number of unbranched alkanes of at least 4 members (excludes halogenated alkanes) is 23. The summed E-state index contributed by atoms with van der Waals surface area (Å²) in [4.78, 5) is 24.6. The summed E-state index contributed by atoms with van der Waals surface area (Å²) in [6.45, 7) is 3.89. The number of esters is 2. The van der Waals surface area contributed by atoms with Gasteiger partial charge >= 0.3 is 11.9 Å². The van der Waals surface area contributed by atoms with Crippen molar-refractivity contribution in [3.8, 4) is 0 Å². The minimum atomic E-state index is -0.799. The second-order valence-electron chi connectivity index (χ2n) is 22.1. The predicted molar refractivity (Wildman–Crippen MR) is 370 cm³/mol. The maximum atomic E-state index is 12.3. The number of aliphatic hydroxyl groups is 1. The molecule has 1 atom stereocenters. The van der Waals surface area contributed by atoms with E-state index in [2.05, 4.69) is 196 Å². The van der Waals surface area contributed by atoms with Gasteiger partial charge in [0, 0.05) is 12.8 Å². The summed E-state index contributed by atoms with van der Waals surface area (Å²) in [5, 5.41) is 9.69. The van der Waals surface area contributed by atoms with Crippen LogP contribution in [0.1, 0.15) is 284 Å². The molecule has 84 heavy (non-hydrogen) atoms. The van der Waals surface area contributed by atoms with Crippen molar-refractivity contribution in [2.24, 2.45) is 0 Å². The Kier molecular flexibility index (Phi) is 68.0. The molecule has 0 aromatic heterocycles. The highest BCUT2D eigenvalue weighted by molar-refractivity contribution is 5.70. The van der Waals surface area contributed by atoms with Crippen LogP contribution in [0.4, 0.5) is 0 Å². The number of hydrogen-bond donors (Lipinski definition) is 1. The van der Waals surface area contributed by atoms with Crippen molar-refractivity contribution < 1.29 is 24.2 Å². The molecule has 0 heterocycles. The zero-order valence-electron chi connectivity index (χ0n) is 54.1. The number of hydrogen-bond acceptors (Lipinski definition) is 5. The topological polar surface area (TPSA) is 72.8 Å². The Balaban J connectivity index is 3.55. The van der Waals surface area contributed by atoms with Gasteiger partial charge in [0.25, 0.3) is 0 Å². The normalized spacial score (nSPS) is 13.4. The van der Waals surface area contributed by atoms with Crippen molar-refractivity contribution in [3.05, 3.63) is 182 Å². The van der Waals surface area contributed by atoms with Gasteiger partial charge in [-0.3, -0.25) is 9.59 Å². The fourth-order valence-electron chi connectivity index (χ4n) is 9.14. The maximum Gasteiger partial charge on any atom is 0.306 e. The summed E-state index contributed by atoms with van der Waals surface area (Å²) >= 11 is 0. The first-order valence-corrected chi connectivity index (χ1v) is 34.3. The van der Waals surface area contributed by atoms with Gasteiger partial charge in [-0.15, -0.1) is 0 Å². The van der Waals surface area contributed by atoms with Crippen LogP contribution in [0, 0.1) is 0 Å². The van der Waals surface area contributed by atoms with Gasteiger partial charge in [0.15, 0.2) is 6.10 Å². The Labute approximate surface area is 518 Å². The fraction of sp³-hybridized carbons (Fsp3) is 0.595. The van der Waals surface area contributed by atoms with Crippen LogP contribution in [0.5, 0.6) is 0 Å². The molecule has 1 N–H and O–H groups in total. The van der Waals surface area contributed by atoms with Crippen molar-refractivity contribution >= 4 is 11.9 Å². The molecule has 1 unspecified atom stereocenters. The second-order valence-corrected chi connectivity index (χ2v) is 22.1. The second kappa shape index (κ2) is 72.3. The molecule has 0 spiro atoms. The molecule has 0 aliphatic carbocycles. The van der Waals surface area contributed by atoms with Crippen LogP contribution in [0.3, 0.4) is 0 Å². The number of carbonyl (C=O) groups excluding carboxylic acids is 2. The molecule has 0 saturated carbocycles. The van der Waals surface area contributed by atoms with E-state index in [-0.39, 0.29) is 25.2 Å². The van der Waals surface area contributed by atoms with E-state index in [4.69, 9.17) is 9.47 Å². The molecular weight excluding hydrogens is 1030 g/mol. The van der Waals surface area contributed by atoms with Gasteiger partial charge in [-0.25, -0.2) is 0 Å². The summed E-state index contributed by atoms with van der Waals surface area (Å²) in [5.74, 6) is -0.624. The number of carbonyl (C=O) groups is 2. The van der Waals surface area contributed by atoms with Gasteiger partial charge < -0.3 is 14.6 Å². The molecule has 0 aromatic carbocycles. The third kappa shape index (κ3) is 69.5. The minimum absolute atomic E-state index is 0.0850. The molecule has 0 rings (SSSR count). The third-order valence-corrected chi connectivity index (χ3v) is 14.2. The first kappa shape index (κ1) is 79.0. The zero-order valence-corrected chi connectivity index (χ0v) is 54.1. The maximum absolute atomic E-state index is 12.3. The number of aliphatic hydroxyl groups excluding tert-OH is 1. The highest BCUT2D eigenvalue weighted by Crippen LogP contribution is 2.16. The van der Waals surface area contributed by atoms with E-state index in [1.54, 1.807) is 0 Å². The number of rotatable bonds is 61. The van der Waals surface area contributed by atoms with Crippen LogP contribution < -0.4 is 0 Å². The number of allylic oxidation sites excluding steroid dienone is 30. The van der Waals surface area contributed by atoms with Crippen LogP contribution in [-0.2, 0) is 19.1 Å². The van der Waals surface area contributed by atoms with Crippen LogP contribution >= 0.6 is 0 Å². The highest BCUT2D eigenvalue weighted by Gasteiger charge is 2.16. The summed E-state index contributed by atoms with van der Waals surface area (Å²) in [6.07, 6.45) is 113.